The van der Waals surface area contributed by atoms with Crippen LogP contribution >= 0.6 is 24.0 Å². The second kappa shape index (κ2) is 8.89. The van der Waals surface area contributed by atoms with Gasteiger partial charge in [-0.1, -0.05) is 27.7 Å². The number of halogens is 1. The van der Waals surface area contributed by atoms with Crippen molar-refractivity contribution in [3.8, 4) is 0 Å². The number of nitrogens with zero attached hydrogens (tertiary/aromatic N) is 4. The van der Waals surface area contributed by atoms with Gasteiger partial charge in [-0.25, -0.2) is 4.98 Å². The molecule has 1 fully saturated rings. The second-order valence-electron chi connectivity index (χ2n) is 7.52. The van der Waals surface area contributed by atoms with Crippen LogP contribution in [0.15, 0.2) is 23.7 Å². The van der Waals surface area contributed by atoms with Gasteiger partial charge in [0.15, 0.2) is 5.96 Å². The van der Waals surface area contributed by atoms with Crippen LogP contribution in [0.2, 0.25) is 0 Å². The minimum absolute atomic E-state index is 0. The van der Waals surface area contributed by atoms with Crippen molar-refractivity contribution in [2.75, 3.05) is 26.2 Å². The molecule has 132 valence electrons. The average molecular weight is 433 g/mol. The minimum atomic E-state index is 0. The van der Waals surface area contributed by atoms with Gasteiger partial charge < -0.3 is 14.8 Å². The molecule has 2 unspecified atom stereocenters. The van der Waals surface area contributed by atoms with Gasteiger partial charge in [-0.05, 0) is 24.7 Å². The highest BCUT2D eigenvalue weighted by molar-refractivity contribution is 14.0. The zero-order valence-electron chi connectivity index (χ0n) is 15.1. The van der Waals surface area contributed by atoms with Gasteiger partial charge >= 0.3 is 0 Å². The summed E-state index contributed by atoms with van der Waals surface area (Å²) in [5.74, 6) is 1.71. The minimum Gasteiger partial charge on any atom is -0.357 e. The van der Waals surface area contributed by atoms with E-state index in [4.69, 9.17) is 4.99 Å². The Hall–Kier alpha value is -0.790. The van der Waals surface area contributed by atoms with Crippen LogP contribution in [0, 0.1) is 11.3 Å². The smallest absolute Gasteiger partial charge is 0.194 e. The first-order valence-electron chi connectivity index (χ1n) is 8.41. The molecule has 0 spiro atoms. The lowest BCUT2D eigenvalue weighted by Gasteiger charge is -2.39. The Morgan fingerprint density at radius 2 is 2.13 bits per heavy atom. The van der Waals surface area contributed by atoms with Gasteiger partial charge in [0.25, 0.3) is 0 Å². The Kier molecular flexibility index (Phi) is 7.83. The van der Waals surface area contributed by atoms with Crippen LogP contribution in [-0.4, -0.2) is 46.6 Å². The number of piperidine rings is 1. The molecule has 6 heteroatoms. The molecule has 1 saturated heterocycles. The van der Waals surface area contributed by atoms with Gasteiger partial charge in [-0.15, -0.1) is 24.0 Å². The van der Waals surface area contributed by atoms with E-state index in [0.717, 1.165) is 32.1 Å². The zero-order valence-corrected chi connectivity index (χ0v) is 17.4. The van der Waals surface area contributed by atoms with Gasteiger partial charge in [0.05, 0.1) is 12.4 Å². The SMILES string of the molecule is CCNC(=NCC(C)(C)C)N1CCC(C)C(n2ccnc2)C1.I. The summed E-state index contributed by atoms with van der Waals surface area (Å²) in [6.07, 6.45) is 7.06. The van der Waals surface area contributed by atoms with E-state index >= 15 is 0 Å². The molecule has 23 heavy (non-hydrogen) atoms. The topological polar surface area (TPSA) is 45.5 Å². The average Bonchev–Trinajstić information content (AvgIpc) is 2.97. The van der Waals surface area contributed by atoms with Crippen LogP contribution in [0.5, 0.6) is 0 Å². The van der Waals surface area contributed by atoms with Crippen molar-refractivity contribution in [1.82, 2.24) is 19.8 Å². The van der Waals surface area contributed by atoms with Crippen molar-refractivity contribution in [3.63, 3.8) is 0 Å². The number of rotatable bonds is 3. The van der Waals surface area contributed by atoms with Gasteiger partial charge in [-0.2, -0.15) is 0 Å². The molecule has 0 bridgehead atoms. The van der Waals surface area contributed by atoms with E-state index < -0.39 is 0 Å². The third-order valence-electron chi connectivity index (χ3n) is 4.16. The van der Waals surface area contributed by atoms with Crippen LogP contribution in [0.3, 0.4) is 0 Å². The van der Waals surface area contributed by atoms with Crippen molar-refractivity contribution in [1.29, 1.82) is 0 Å². The van der Waals surface area contributed by atoms with Gasteiger partial charge in [0.2, 0.25) is 0 Å². The Morgan fingerprint density at radius 3 is 2.70 bits per heavy atom. The molecule has 0 amide bonds. The third-order valence-corrected chi connectivity index (χ3v) is 4.16. The van der Waals surface area contributed by atoms with Gasteiger partial charge in [-0.3, -0.25) is 4.99 Å². The molecule has 2 rings (SSSR count). The lowest BCUT2D eigenvalue weighted by atomic mass is 9.93. The van der Waals surface area contributed by atoms with Crippen molar-refractivity contribution >= 4 is 29.9 Å². The maximum atomic E-state index is 4.86. The van der Waals surface area contributed by atoms with E-state index in [0.29, 0.717) is 12.0 Å². The summed E-state index contributed by atoms with van der Waals surface area (Å²) in [6.45, 7) is 15.0. The standard InChI is InChI=1S/C17H31N5.HI/c1-6-19-16(20-12-17(3,4)5)21-9-7-14(2)15(11-21)22-10-8-18-13-22;/h8,10,13-15H,6-7,9,11-12H2,1-5H3,(H,19,20);1H. The Balaban J connectivity index is 0.00000264. The summed E-state index contributed by atoms with van der Waals surface area (Å²) < 4.78 is 2.24. The van der Waals surface area contributed by atoms with Crippen molar-refractivity contribution < 1.29 is 0 Å². The monoisotopic (exact) mass is 433 g/mol. The van der Waals surface area contributed by atoms with E-state index in [-0.39, 0.29) is 29.4 Å². The van der Waals surface area contributed by atoms with Crippen LogP contribution in [0.1, 0.15) is 47.1 Å². The highest BCUT2D eigenvalue weighted by atomic mass is 127. The van der Waals surface area contributed by atoms with Crippen molar-refractivity contribution in [2.45, 2.75) is 47.1 Å². The Labute approximate surface area is 158 Å². The molecule has 0 aliphatic carbocycles. The number of likely N-dealkylation sites (tertiary alicyclic amines) is 1. The summed E-state index contributed by atoms with van der Waals surface area (Å²) in [6, 6.07) is 0.467. The van der Waals surface area contributed by atoms with E-state index in [1.165, 1.54) is 6.42 Å². The molecule has 1 aliphatic rings. The predicted molar refractivity (Wildman–Crippen MR) is 107 cm³/mol. The summed E-state index contributed by atoms with van der Waals surface area (Å²) in [4.78, 5) is 11.5. The molecule has 5 nitrogen and oxygen atoms in total. The molecular weight excluding hydrogens is 401 g/mol. The lowest BCUT2D eigenvalue weighted by Crippen LogP contribution is -2.49. The van der Waals surface area contributed by atoms with Crippen LogP contribution in [-0.2, 0) is 0 Å². The second-order valence-corrected chi connectivity index (χ2v) is 7.52. The molecule has 0 saturated carbocycles. The molecule has 1 N–H and O–H groups in total. The van der Waals surface area contributed by atoms with E-state index in [1.807, 2.05) is 12.5 Å². The highest BCUT2D eigenvalue weighted by Gasteiger charge is 2.29. The number of guanidine groups is 1. The maximum absolute atomic E-state index is 4.86. The maximum Gasteiger partial charge on any atom is 0.194 e. The first kappa shape index (κ1) is 20.3. The molecule has 2 atom stereocenters. The van der Waals surface area contributed by atoms with Gasteiger partial charge in [0.1, 0.15) is 0 Å². The first-order valence-corrected chi connectivity index (χ1v) is 8.41. The first-order chi connectivity index (χ1) is 10.4. The van der Waals surface area contributed by atoms with Crippen LogP contribution < -0.4 is 5.32 Å². The van der Waals surface area contributed by atoms with E-state index in [2.05, 4.69) is 60.6 Å². The lowest BCUT2D eigenvalue weighted by molar-refractivity contribution is 0.188. The quantitative estimate of drug-likeness (QED) is 0.452. The highest BCUT2D eigenvalue weighted by Crippen LogP contribution is 2.27. The summed E-state index contributed by atoms with van der Waals surface area (Å²) in [5.41, 5.74) is 0.216. The number of aromatic nitrogens is 2. The summed E-state index contributed by atoms with van der Waals surface area (Å²) in [5, 5.41) is 3.46. The largest absolute Gasteiger partial charge is 0.357 e. The van der Waals surface area contributed by atoms with Crippen LogP contribution in [0.4, 0.5) is 0 Å². The fourth-order valence-electron chi connectivity index (χ4n) is 2.83. The number of hydrogen-bond acceptors (Lipinski definition) is 2. The van der Waals surface area contributed by atoms with E-state index in [1.54, 1.807) is 0 Å². The Bertz CT molecular complexity index is 478. The summed E-state index contributed by atoms with van der Waals surface area (Å²) >= 11 is 0. The van der Waals surface area contributed by atoms with Crippen LogP contribution in [0.25, 0.3) is 0 Å². The molecular formula is C17H32IN5. The number of imidazole rings is 1. The number of aliphatic imine (C=N–C) groups is 1. The zero-order chi connectivity index (χ0) is 16.2. The Morgan fingerprint density at radius 1 is 1.39 bits per heavy atom. The molecule has 1 aromatic heterocycles. The fraction of sp³-hybridized carbons (Fsp3) is 0.765. The van der Waals surface area contributed by atoms with Crippen molar-refractivity contribution in [3.05, 3.63) is 18.7 Å². The molecule has 0 radical (unpaired) electrons. The third kappa shape index (κ3) is 5.97. The molecule has 2 heterocycles. The van der Waals surface area contributed by atoms with Gasteiger partial charge in [0, 0.05) is 38.6 Å². The fourth-order valence-corrected chi connectivity index (χ4v) is 2.83. The molecule has 1 aromatic rings. The normalized spacial score (nSPS) is 22.7. The van der Waals surface area contributed by atoms with Crippen molar-refractivity contribution in [2.24, 2.45) is 16.3 Å². The summed E-state index contributed by atoms with van der Waals surface area (Å²) in [7, 11) is 0. The molecule has 0 aromatic carbocycles. The predicted octanol–water partition coefficient (Wildman–Crippen LogP) is 3.40. The molecule has 1 aliphatic heterocycles. The number of hydrogen-bond donors (Lipinski definition) is 1. The number of nitrogens with one attached hydrogen (secondary N) is 1. The van der Waals surface area contributed by atoms with E-state index in [9.17, 15) is 0 Å².